The molecule has 0 amide bonds. The van der Waals surface area contributed by atoms with Crippen molar-refractivity contribution < 1.29 is 4.52 Å². The predicted molar refractivity (Wildman–Crippen MR) is 46.6 cm³/mol. The molecular formula is C8H6ClNO2. The molecule has 0 aliphatic heterocycles. The number of hydrogen-bond donors (Lipinski definition) is 1. The lowest BCUT2D eigenvalue weighted by Crippen LogP contribution is -1.96. The number of aromatic nitrogens is 1. The van der Waals surface area contributed by atoms with E-state index in [1.54, 1.807) is 12.1 Å². The van der Waals surface area contributed by atoms with Crippen LogP contribution in [-0.2, 0) is 0 Å². The van der Waals surface area contributed by atoms with E-state index >= 15 is 0 Å². The van der Waals surface area contributed by atoms with E-state index in [1.807, 2.05) is 6.92 Å². The fourth-order valence-corrected chi connectivity index (χ4v) is 1.24. The molecule has 4 heteroatoms. The molecule has 0 atom stereocenters. The molecule has 1 N–H and O–H groups in total. The largest absolute Gasteiger partial charge is 0.378 e. The Morgan fingerprint density at radius 2 is 2.25 bits per heavy atom. The van der Waals surface area contributed by atoms with Gasteiger partial charge in [0.15, 0.2) is 5.58 Å². The van der Waals surface area contributed by atoms with Crippen LogP contribution in [0.2, 0.25) is 5.02 Å². The summed E-state index contributed by atoms with van der Waals surface area (Å²) in [6, 6.07) is 3.34. The van der Waals surface area contributed by atoms with Crippen molar-refractivity contribution in [1.82, 2.24) is 5.16 Å². The maximum atomic E-state index is 11.0. The highest BCUT2D eigenvalue weighted by Crippen LogP contribution is 2.20. The summed E-state index contributed by atoms with van der Waals surface area (Å²) in [7, 11) is 0. The van der Waals surface area contributed by atoms with Gasteiger partial charge in [-0.25, -0.2) is 0 Å². The fourth-order valence-electron chi connectivity index (χ4n) is 1.07. The molecule has 0 radical (unpaired) electrons. The van der Waals surface area contributed by atoms with Crippen molar-refractivity contribution in [3.05, 3.63) is 33.1 Å². The lowest BCUT2D eigenvalue weighted by molar-refractivity contribution is 0.449. The van der Waals surface area contributed by atoms with Crippen LogP contribution in [0.4, 0.5) is 0 Å². The first-order valence-electron chi connectivity index (χ1n) is 3.46. The maximum absolute atomic E-state index is 11.0. The van der Waals surface area contributed by atoms with E-state index in [9.17, 15) is 4.79 Å². The molecule has 0 saturated carbocycles. The average molecular weight is 184 g/mol. The van der Waals surface area contributed by atoms with Crippen LogP contribution in [-0.4, -0.2) is 5.16 Å². The zero-order valence-corrected chi connectivity index (χ0v) is 7.11. The summed E-state index contributed by atoms with van der Waals surface area (Å²) in [5, 5.41) is 3.31. The van der Waals surface area contributed by atoms with Crippen molar-refractivity contribution in [3.8, 4) is 0 Å². The highest BCUT2D eigenvalue weighted by Gasteiger charge is 2.05. The first-order chi connectivity index (χ1) is 5.68. The smallest absolute Gasteiger partial charge is 0.287 e. The normalized spacial score (nSPS) is 10.8. The summed E-state index contributed by atoms with van der Waals surface area (Å²) >= 11 is 5.82. The summed E-state index contributed by atoms with van der Waals surface area (Å²) in [5.41, 5.74) is 1.20. The van der Waals surface area contributed by atoms with E-state index in [-0.39, 0.29) is 5.56 Å². The molecule has 0 unspecified atom stereocenters. The van der Waals surface area contributed by atoms with Gasteiger partial charge in [-0.15, -0.1) is 0 Å². The van der Waals surface area contributed by atoms with E-state index in [1.165, 1.54) is 0 Å². The molecule has 1 aromatic carbocycles. The van der Waals surface area contributed by atoms with E-state index in [4.69, 9.17) is 16.1 Å². The number of aryl methyl sites for hydroxylation is 1. The van der Waals surface area contributed by atoms with Gasteiger partial charge >= 0.3 is 0 Å². The first kappa shape index (κ1) is 7.43. The van der Waals surface area contributed by atoms with E-state index in [2.05, 4.69) is 5.16 Å². The zero-order valence-electron chi connectivity index (χ0n) is 6.35. The number of halogens is 1. The number of rotatable bonds is 0. The van der Waals surface area contributed by atoms with Crippen molar-refractivity contribution in [2.24, 2.45) is 0 Å². The van der Waals surface area contributed by atoms with Crippen LogP contribution in [0.15, 0.2) is 21.5 Å². The zero-order chi connectivity index (χ0) is 8.72. The molecule has 0 aliphatic rings. The second kappa shape index (κ2) is 2.38. The molecule has 2 rings (SSSR count). The molecule has 2 aromatic rings. The molecule has 0 spiro atoms. The minimum Gasteiger partial charge on any atom is -0.378 e. The maximum Gasteiger partial charge on any atom is 0.287 e. The topological polar surface area (TPSA) is 46.0 Å². The van der Waals surface area contributed by atoms with Crippen molar-refractivity contribution in [1.29, 1.82) is 0 Å². The lowest BCUT2D eigenvalue weighted by atomic mass is 10.2. The number of benzene rings is 1. The third-order valence-electron chi connectivity index (χ3n) is 1.76. The van der Waals surface area contributed by atoms with Gasteiger partial charge in [0.05, 0.1) is 5.39 Å². The second-order valence-electron chi connectivity index (χ2n) is 2.63. The molecule has 12 heavy (non-hydrogen) atoms. The van der Waals surface area contributed by atoms with Crippen LogP contribution in [0, 0.1) is 6.92 Å². The molecule has 62 valence electrons. The Bertz CT molecular complexity index is 483. The van der Waals surface area contributed by atoms with Crippen LogP contribution >= 0.6 is 11.6 Å². The SMILES string of the molecule is Cc1cc2o[nH]c(=O)c2cc1Cl. The first-order valence-corrected chi connectivity index (χ1v) is 3.83. The van der Waals surface area contributed by atoms with Gasteiger partial charge in [0.25, 0.3) is 5.56 Å². The van der Waals surface area contributed by atoms with Gasteiger partial charge in [-0.2, -0.15) is 5.16 Å². The quantitative estimate of drug-likeness (QED) is 0.680. The highest BCUT2D eigenvalue weighted by atomic mass is 35.5. The van der Waals surface area contributed by atoms with Crippen molar-refractivity contribution in [2.45, 2.75) is 6.92 Å². The predicted octanol–water partition coefficient (Wildman–Crippen LogP) is 2.08. The Kier molecular flexibility index (Phi) is 1.48. The van der Waals surface area contributed by atoms with Crippen LogP contribution in [0.1, 0.15) is 5.56 Å². The Balaban J connectivity index is 2.97. The van der Waals surface area contributed by atoms with Gasteiger partial charge in [-0.3, -0.25) is 4.79 Å². The van der Waals surface area contributed by atoms with Crippen LogP contribution in [0.5, 0.6) is 0 Å². The lowest BCUT2D eigenvalue weighted by Gasteiger charge is -1.93. The number of aromatic amines is 1. The van der Waals surface area contributed by atoms with Crippen LogP contribution < -0.4 is 5.56 Å². The Morgan fingerprint density at radius 1 is 1.50 bits per heavy atom. The summed E-state index contributed by atoms with van der Waals surface area (Å²) in [6.45, 7) is 1.86. The fraction of sp³-hybridized carbons (Fsp3) is 0.125. The van der Waals surface area contributed by atoms with Gasteiger partial charge in [0.2, 0.25) is 0 Å². The third-order valence-corrected chi connectivity index (χ3v) is 2.17. The number of fused-ring (bicyclic) bond motifs is 1. The van der Waals surface area contributed by atoms with E-state index < -0.39 is 0 Å². The minimum absolute atomic E-state index is 0.244. The Morgan fingerprint density at radius 3 is 3.00 bits per heavy atom. The number of H-pyrrole nitrogens is 1. The molecule has 3 nitrogen and oxygen atoms in total. The third kappa shape index (κ3) is 0.940. The summed E-state index contributed by atoms with van der Waals surface area (Å²) < 4.78 is 4.89. The monoisotopic (exact) mass is 183 g/mol. The van der Waals surface area contributed by atoms with Gasteiger partial charge in [-0.1, -0.05) is 11.6 Å². The molecular weight excluding hydrogens is 178 g/mol. The summed E-state index contributed by atoms with van der Waals surface area (Å²) in [6.07, 6.45) is 0. The second-order valence-corrected chi connectivity index (χ2v) is 3.04. The van der Waals surface area contributed by atoms with Gasteiger partial charge < -0.3 is 4.52 Å². The standard InChI is InChI=1S/C8H6ClNO2/c1-4-2-7-5(3-6(4)9)8(11)10-12-7/h2-3H,1H3,(H,10,11). The highest BCUT2D eigenvalue weighted by molar-refractivity contribution is 6.32. The van der Waals surface area contributed by atoms with Gasteiger partial charge in [0.1, 0.15) is 0 Å². The van der Waals surface area contributed by atoms with E-state index in [0.29, 0.717) is 16.0 Å². The Hall–Kier alpha value is -1.22. The van der Waals surface area contributed by atoms with Crippen molar-refractivity contribution >= 4 is 22.6 Å². The van der Waals surface area contributed by atoms with E-state index in [0.717, 1.165) is 5.56 Å². The molecule has 0 bridgehead atoms. The van der Waals surface area contributed by atoms with Gasteiger partial charge in [0, 0.05) is 5.02 Å². The van der Waals surface area contributed by atoms with Crippen LogP contribution in [0.25, 0.3) is 11.0 Å². The van der Waals surface area contributed by atoms with Crippen LogP contribution in [0.3, 0.4) is 0 Å². The number of hydrogen-bond acceptors (Lipinski definition) is 2. The molecule has 0 aliphatic carbocycles. The molecule has 0 fully saturated rings. The number of nitrogens with one attached hydrogen (secondary N) is 1. The molecule has 0 saturated heterocycles. The average Bonchev–Trinajstić information content (AvgIpc) is 2.35. The summed E-state index contributed by atoms with van der Waals surface area (Å²) in [5.74, 6) is 0. The van der Waals surface area contributed by atoms with Crippen molar-refractivity contribution in [3.63, 3.8) is 0 Å². The Labute approximate surface area is 72.9 Å². The molecule has 1 heterocycles. The van der Waals surface area contributed by atoms with Crippen molar-refractivity contribution in [2.75, 3.05) is 0 Å². The van der Waals surface area contributed by atoms with Gasteiger partial charge in [-0.05, 0) is 24.6 Å². The molecule has 1 aromatic heterocycles. The summed E-state index contributed by atoms with van der Waals surface area (Å²) in [4.78, 5) is 11.0. The minimum atomic E-state index is -0.244.